The summed E-state index contributed by atoms with van der Waals surface area (Å²) in [5.41, 5.74) is 1.52. The minimum Gasteiger partial charge on any atom is -0.385 e. The first-order valence-corrected chi connectivity index (χ1v) is 6.50. The summed E-state index contributed by atoms with van der Waals surface area (Å²) >= 11 is 0. The smallest absolute Gasteiger partial charge is 0.0995 e. The van der Waals surface area contributed by atoms with Crippen LogP contribution in [0.1, 0.15) is 42.4 Å². The van der Waals surface area contributed by atoms with Gasteiger partial charge in [0.15, 0.2) is 0 Å². The molecule has 2 bridgehead atoms. The SMILES string of the molecule is Cc1cccc(C#N)c1C1(O)CC2CCC(C1)O2. The van der Waals surface area contributed by atoms with Gasteiger partial charge < -0.3 is 9.84 Å². The Balaban J connectivity index is 2.07. The number of fused-ring (bicyclic) bond motifs is 2. The van der Waals surface area contributed by atoms with Crippen LogP contribution in [0.3, 0.4) is 0 Å². The predicted molar refractivity (Wildman–Crippen MR) is 66.9 cm³/mol. The van der Waals surface area contributed by atoms with Crippen molar-refractivity contribution in [2.75, 3.05) is 0 Å². The van der Waals surface area contributed by atoms with Gasteiger partial charge in [-0.3, -0.25) is 0 Å². The zero-order valence-corrected chi connectivity index (χ0v) is 10.5. The van der Waals surface area contributed by atoms with Gasteiger partial charge in [-0.2, -0.15) is 5.26 Å². The molecule has 2 heterocycles. The quantitative estimate of drug-likeness (QED) is 0.824. The maximum atomic E-state index is 11.0. The van der Waals surface area contributed by atoms with Crippen LogP contribution in [0.2, 0.25) is 0 Å². The van der Waals surface area contributed by atoms with Crippen LogP contribution in [0.5, 0.6) is 0 Å². The lowest BCUT2D eigenvalue weighted by Gasteiger charge is -2.38. The van der Waals surface area contributed by atoms with Gasteiger partial charge in [0.1, 0.15) is 0 Å². The van der Waals surface area contributed by atoms with Gasteiger partial charge in [-0.25, -0.2) is 0 Å². The molecule has 2 unspecified atom stereocenters. The molecule has 2 aliphatic heterocycles. The lowest BCUT2D eigenvalue weighted by atomic mass is 9.79. The maximum Gasteiger partial charge on any atom is 0.0995 e. The Kier molecular flexibility index (Phi) is 2.65. The molecule has 2 aliphatic rings. The molecule has 1 N–H and O–H groups in total. The molecule has 1 aromatic rings. The molecule has 0 radical (unpaired) electrons. The van der Waals surface area contributed by atoms with Crippen LogP contribution in [0.25, 0.3) is 0 Å². The highest BCUT2D eigenvalue weighted by Gasteiger charge is 2.46. The number of ether oxygens (including phenoxy) is 1. The summed E-state index contributed by atoms with van der Waals surface area (Å²) in [5, 5.41) is 20.2. The van der Waals surface area contributed by atoms with E-state index in [1.165, 1.54) is 0 Å². The number of aliphatic hydroxyl groups is 1. The number of nitrogens with zero attached hydrogens (tertiary/aromatic N) is 1. The maximum absolute atomic E-state index is 11.0. The molecule has 3 rings (SSSR count). The third kappa shape index (κ3) is 1.73. The Hall–Kier alpha value is -1.37. The molecule has 2 saturated heterocycles. The normalized spacial score (nSPS) is 34.3. The standard InChI is InChI=1S/C15H17NO2/c1-10-3-2-4-11(9-16)14(10)15(17)7-12-5-6-13(8-15)18-12/h2-4,12-13,17H,5-8H2,1H3. The van der Waals surface area contributed by atoms with Gasteiger partial charge >= 0.3 is 0 Å². The number of aryl methyl sites for hydroxylation is 1. The minimum absolute atomic E-state index is 0.153. The first-order valence-electron chi connectivity index (χ1n) is 6.50. The number of benzene rings is 1. The summed E-state index contributed by atoms with van der Waals surface area (Å²) in [6.07, 6.45) is 3.59. The van der Waals surface area contributed by atoms with Crippen molar-refractivity contribution in [3.63, 3.8) is 0 Å². The van der Waals surface area contributed by atoms with Crippen LogP contribution in [0.4, 0.5) is 0 Å². The highest BCUT2D eigenvalue weighted by molar-refractivity contribution is 5.46. The van der Waals surface area contributed by atoms with Gasteiger partial charge in [-0.05, 0) is 31.4 Å². The van der Waals surface area contributed by atoms with Crippen molar-refractivity contribution >= 4 is 0 Å². The minimum atomic E-state index is -0.888. The number of rotatable bonds is 1. The Bertz CT molecular complexity index is 506. The second-order valence-corrected chi connectivity index (χ2v) is 5.51. The molecule has 2 atom stereocenters. The van der Waals surface area contributed by atoms with Gasteiger partial charge in [0, 0.05) is 18.4 Å². The molecule has 94 valence electrons. The van der Waals surface area contributed by atoms with E-state index in [-0.39, 0.29) is 12.2 Å². The fraction of sp³-hybridized carbons (Fsp3) is 0.533. The van der Waals surface area contributed by atoms with Crippen LogP contribution in [0.15, 0.2) is 18.2 Å². The summed E-state index contributed by atoms with van der Waals surface area (Å²) in [5.74, 6) is 0. The monoisotopic (exact) mass is 243 g/mol. The fourth-order valence-electron chi connectivity index (χ4n) is 3.50. The molecule has 18 heavy (non-hydrogen) atoms. The molecular weight excluding hydrogens is 226 g/mol. The second-order valence-electron chi connectivity index (χ2n) is 5.51. The number of nitriles is 1. The average molecular weight is 243 g/mol. The van der Waals surface area contributed by atoms with E-state index in [0.717, 1.165) is 24.0 Å². The van der Waals surface area contributed by atoms with Gasteiger partial charge in [0.05, 0.1) is 29.4 Å². The van der Waals surface area contributed by atoms with E-state index < -0.39 is 5.60 Å². The lowest BCUT2D eigenvalue weighted by molar-refractivity contribution is -0.115. The van der Waals surface area contributed by atoms with Gasteiger partial charge in [-0.1, -0.05) is 12.1 Å². The molecule has 3 nitrogen and oxygen atoms in total. The molecule has 0 aliphatic carbocycles. The third-order valence-electron chi connectivity index (χ3n) is 4.18. The molecular formula is C15H17NO2. The summed E-state index contributed by atoms with van der Waals surface area (Å²) in [6.45, 7) is 1.96. The highest BCUT2D eigenvalue weighted by atomic mass is 16.5. The van der Waals surface area contributed by atoms with E-state index in [9.17, 15) is 10.4 Å². The van der Waals surface area contributed by atoms with Crippen molar-refractivity contribution in [1.29, 1.82) is 5.26 Å². The van der Waals surface area contributed by atoms with Crippen LogP contribution in [0, 0.1) is 18.3 Å². The van der Waals surface area contributed by atoms with Crippen molar-refractivity contribution in [1.82, 2.24) is 0 Å². The van der Waals surface area contributed by atoms with Gasteiger partial charge in [0.2, 0.25) is 0 Å². The summed E-state index contributed by atoms with van der Waals surface area (Å²) in [7, 11) is 0. The van der Waals surface area contributed by atoms with Crippen molar-refractivity contribution in [3.05, 3.63) is 34.9 Å². The Morgan fingerprint density at radius 3 is 2.61 bits per heavy atom. The molecule has 0 amide bonds. The van der Waals surface area contributed by atoms with Gasteiger partial charge in [-0.15, -0.1) is 0 Å². The first-order chi connectivity index (χ1) is 8.62. The number of hydrogen-bond acceptors (Lipinski definition) is 3. The van der Waals surface area contributed by atoms with Crippen molar-refractivity contribution in [3.8, 4) is 6.07 Å². The van der Waals surface area contributed by atoms with Crippen molar-refractivity contribution in [2.45, 2.75) is 50.4 Å². The van der Waals surface area contributed by atoms with Crippen LogP contribution in [-0.4, -0.2) is 17.3 Å². The van der Waals surface area contributed by atoms with Gasteiger partial charge in [0.25, 0.3) is 0 Å². The van der Waals surface area contributed by atoms with E-state index >= 15 is 0 Å². The molecule has 0 saturated carbocycles. The lowest BCUT2D eigenvalue weighted by Crippen LogP contribution is -2.39. The average Bonchev–Trinajstić information content (AvgIpc) is 2.68. The van der Waals surface area contributed by atoms with E-state index in [0.29, 0.717) is 18.4 Å². The highest BCUT2D eigenvalue weighted by Crippen LogP contribution is 2.45. The molecule has 0 aromatic heterocycles. The van der Waals surface area contributed by atoms with Crippen LogP contribution in [-0.2, 0) is 10.3 Å². The Morgan fingerprint density at radius 2 is 2.00 bits per heavy atom. The Labute approximate surface area is 107 Å². The first kappa shape index (κ1) is 11.7. The third-order valence-corrected chi connectivity index (χ3v) is 4.18. The topological polar surface area (TPSA) is 53.2 Å². The predicted octanol–water partition coefficient (Wildman–Crippen LogP) is 2.40. The summed E-state index contributed by atoms with van der Waals surface area (Å²) in [4.78, 5) is 0. The van der Waals surface area contributed by atoms with E-state index in [1.54, 1.807) is 6.07 Å². The molecule has 3 heteroatoms. The molecule has 1 aromatic carbocycles. The van der Waals surface area contributed by atoms with Crippen LogP contribution >= 0.6 is 0 Å². The van der Waals surface area contributed by atoms with Crippen molar-refractivity contribution < 1.29 is 9.84 Å². The van der Waals surface area contributed by atoms with E-state index in [4.69, 9.17) is 4.74 Å². The van der Waals surface area contributed by atoms with E-state index in [1.807, 2.05) is 19.1 Å². The zero-order chi connectivity index (χ0) is 12.8. The Morgan fingerprint density at radius 1 is 1.33 bits per heavy atom. The zero-order valence-electron chi connectivity index (χ0n) is 10.5. The second kappa shape index (κ2) is 4.08. The summed E-state index contributed by atoms with van der Waals surface area (Å²) in [6, 6.07) is 7.83. The molecule has 0 spiro atoms. The largest absolute Gasteiger partial charge is 0.385 e. The van der Waals surface area contributed by atoms with E-state index in [2.05, 4.69) is 6.07 Å². The van der Waals surface area contributed by atoms with Crippen LogP contribution < -0.4 is 0 Å². The van der Waals surface area contributed by atoms with Crippen molar-refractivity contribution in [2.24, 2.45) is 0 Å². The molecule has 2 fully saturated rings. The summed E-state index contributed by atoms with van der Waals surface area (Å²) < 4.78 is 5.78. The number of hydrogen-bond donors (Lipinski definition) is 1. The fourth-order valence-corrected chi connectivity index (χ4v) is 3.50.